The van der Waals surface area contributed by atoms with E-state index in [1.807, 2.05) is 25.3 Å². The maximum Gasteiger partial charge on any atom is 0.329 e. The third kappa shape index (κ3) is 4.10. The molecule has 11 heteroatoms. The number of nitrogens with zero attached hydrogens (tertiary/aromatic N) is 6. The number of halogens is 2. The number of fused-ring (bicyclic) bond motifs is 3. The lowest BCUT2D eigenvalue weighted by Crippen LogP contribution is -2.46. The molecule has 4 aromatic rings. The maximum atomic E-state index is 12.4. The molecule has 0 aliphatic carbocycles. The molecule has 1 fully saturated rings. The van der Waals surface area contributed by atoms with Gasteiger partial charge in [-0.05, 0) is 24.6 Å². The number of benzene rings is 1. The van der Waals surface area contributed by atoms with E-state index in [0.29, 0.717) is 27.0 Å². The molecule has 1 aliphatic rings. The van der Waals surface area contributed by atoms with Crippen LogP contribution in [0.25, 0.3) is 16.9 Å². The van der Waals surface area contributed by atoms with Crippen molar-refractivity contribution >= 4 is 40.1 Å². The van der Waals surface area contributed by atoms with Crippen LogP contribution >= 0.6 is 23.2 Å². The van der Waals surface area contributed by atoms with Crippen LogP contribution in [0.2, 0.25) is 10.0 Å². The Labute approximate surface area is 199 Å². The zero-order valence-corrected chi connectivity index (χ0v) is 20.0. The molecule has 4 heterocycles. The zero-order valence-electron chi connectivity index (χ0n) is 18.5. The van der Waals surface area contributed by atoms with Gasteiger partial charge < -0.3 is 4.57 Å². The van der Waals surface area contributed by atoms with Gasteiger partial charge in [0.2, 0.25) is 5.78 Å². The van der Waals surface area contributed by atoms with Gasteiger partial charge in [0.15, 0.2) is 11.2 Å². The molecule has 0 radical (unpaired) electrons. The average molecular weight is 490 g/mol. The fourth-order valence-corrected chi connectivity index (χ4v) is 4.97. The van der Waals surface area contributed by atoms with E-state index in [4.69, 9.17) is 23.2 Å². The lowest BCUT2D eigenvalue weighted by atomic mass is 10.2. The predicted molar refractivity (Wildman–Crippen MR) is 129 cm³/mol. The summed E-state index contributed by atoms with van der Waals surface area (Å²) in [5.41, 5.74) is 2.01. The SMILES string of the molecule is Cc1cn2c3c(=O)[nH]c(=O)n(C)c3nc2n1CCN1CCN(Cc2ccc(Cl)cc2Cl)CC1. The Kier molecular flexibility index (Phi) is 5.82. The van der Waals surface area contributed by atoms with Crippen LogP contribution < -0.4 is 11.2 Å². The van der Waals surface area contributed by atoms with E-state index in [-0.39, 0.29) is 0 Å². The number of aromatic amines is 1. The van der Waals surface area contributed by atoms with Crippen LogP contribution in [0.4, 0.5) is 0 Å². The van der Waals surface area contributed by atoms with Gasteiger partial charge >= 0.3 is 5.69 Å². The highest BCUT2D eigenvalue weighted by Crippen LogP contribution is 2.23. The minimum Gasteiger partial charge on any atom is -0.313 e. The molecule has 9 nitrogen and oxygen atoms in total. The number of aryl methyl sites for hydroxylation is 2. The zero-order chi connectivity index (χ0) is 23.3. The monoisotopic (exact) mass is 489 g/mol. The van der Waals surface area contributed by atoms with Crippen molar-refractivity contribution in [3.05, 3.63) is 66.5 Å². The van der Waals surface area contributed by atoms with Crippen molar-refractivity contribution in [3.63, 3.8) is 0 Å². The van der Waals surface area contributed by atoms with Gasteiger partial charge in [-0.2, -0.15) is 4.98 Å². The second-order valence-electron chi connectivity index (χ2n) is 8.55. The minimum absolute atomic E-state index is 0.391. The van der Waals surface area contributed by atoms with Gasteiger partial charge in [0.05, 0.1) is 0 Å². The van der Waals surface area contributed by atoms with Crippen molar-refractivity contribution in [3.8, 4) is 0 Å². The molecule has 0 amide bonds. The van der Waals surface area contributed by atoms with Crippen LogP contribution in [-0.4, -0.2) is 66.0 Å². The van der Waals surface area contributed by atoms with Gasteiger partial charge in [-0.25, -0.2) is 4.79 Å². The van der Waals surface area contributed by atoms with Crippen LogP contribution in [0.5, 0.6) is 0 Å². The Morgan fingerprint density at radius 1 is 1.06 bits per heavy atom. The molecule has 33 heavy (non-hydrogen) atoms. The molecule has 5 rings (SSSR count). The first-order valence-electron chi connectivity index (χ1n) is 10.9. The van der Waals surface area contributed by atoms with Gasteiger partial charge in [-0.15, -0.1) is 0 Å². The molecule has 0 saturated carbocycles. The highest BCUT2D eigenvalue weighted by molar-refractivity contribution is 6.35. The molecule has 3 aromatic heterocycles. The number of H-pyrrole nitrogens is 1. The third-order valence-electron chi connectivity index (χ3n) is 6.43. The number of piperazine rings is 1. The summed E-state index contributed by atoms with van der Waals surface area (Å²) in [7, 11) is 1.61. The average Bonchev–Trinajstić information content (AvgIpc) is 3.29. The Bertz CT molecular complexity index is 1460. The normalized spacial score (nSPS) is 15.8. The summed E-state index contributed by atoms with van der Waals surface area (Å²) in [5, 5.41) is 1.36. The van der Waals surface area contributed by atoms with Crippen LogP contribution in [0, 0.1) is 6.92 Å². The summed E-state index contributed by atoms with van der Waals surface area (Å²) in [4.78, 5) is 36.1. The summed E-state index contributed by atoms with van der Waals surface area (Å²) in [6.07, 6.45) is 1.90. The fraction of sp³-hybridized carbons (Fsp3) is 0.409. The quantitative estimate of drug-likeness (QED) is 0.464. The molecule has 174 valence electrons. The van der Waals surface area contributed by atoms with Crippen LogP contribution in [0.1, 0.15) is 11.3 Å². The Balaban J connectivity index is 1.27. The van der Waals surface area contributed by atoms with Gasteiger partial charge in [-0.1, -0.05) is 29.3 Å². The molecular formula is C22H25Cl2N7O2. The third-order valence-corrected chi connectivity index (χ3v) is 7.02. The van der Waals surface area contributed by atoms with E-state index in [0.717, 1.165) is 57.1 Å². The Morgan fingerprint density at radius 3 is 2.52 bits per heavy atom. The van der Waals surface area contributed by atoms with E-state index in [1.54, 1.807) is 17.5 Å². The minimum atomic E-state index is -0.464. The molecule has 1 aromatic carbocycles. The van der Waals surface area contributed by atoms with Gasteiger partial charge in [-0.3, -0.25) is 28.5 Å². The first-order chi connectivity index (χ1) is 15.8. The van der Waals surface area contributed by atoms with E-state index >= 15 is 0 Å². The molecule has 1 N–H and O–H groups in total. The number of imidazole rings is 2. The van der Waals surface area contributed by atoms with Crippen molar-refractivity contribution in [2.75, 3.05) is 32.7 Å². The molecule has 1 saturated heterocycles. The van der Waals surface area contributed by atoms with E-state index < -0.39 is 11.2 Å². The predicted octanol–water partition coefficient (Wildman–Crippen LogP) is 2.11. The maximum absolute atomic E-state index is 12.4. The standard InChI is InChI=1S/C22H25Cl2N7O2/c1-14-12-31-18-19(27(2)22(33)26-20(18)32)25-21(31)30(14)10-9-28-5-7-29(8-6-28)13-15-3-4-16(23)11-17(15)24/h3-4,11-12H,5-10,13H2,1-2H3,(H,26,32,33). The highest BCUT2D eigenvalue weighted by Gasteiger charge is 2.20. The smallest absolute Gasteiger partial charge is 0.313 e. The van der Waals surface area contributed by atoms with Gasteiger partial charge in [0.1, 0.15) is 0 Å². The number of hydrogen-bond donors (Lipinski definition) is 1. The first kappa shape index (κ1) is 22.2. The second-order valence-corrected chi connectivity index (χ2v) is 9.39. The molecule has 0 unspecified atom stereocenters. The first-order valence-corrected chi connectivity index (χ1v) is 11.6. The summed E-state index contributed by atoms with van der Waals surface area (Å²) in [6.45, 7) is 8.30. The van der Waals surface area contributed by atoms with E-state index in [1.165, 1.54) is 4.57 Å². The van der Waals surface area contributed by atoms with E-state index in [9.17, 15) is 9.59 Å². The molecular weight excluding hydrogens is 465 g/mol. The topological polar surface area (TPSA) is 83.6 Å². The lowest BCUT2D eigenvalue weighted by Gasteiger charge is -2.35. The van der Waals surface area contributed by atoms with Crippen LogP contribution in [0.3, 0.4) is 0 Å². The highest BCUT2D eigenvalue weighted by atomic mass is 35.5. The van der Waals surface area contributed by atoms with Crippen molar-refractivity contribution in [2.24, 2.45) is 7.05 Å². The summed E-state index contributed by atoms with van der Waals surface area (Å²) in [6, 6.07) is 5.66. The van der Waals surface area contributed by atoms with Crippen molar-refractivity contribution in [1.29, 1.82) is 0 Å². The summed E-state index contributed by atoms with van der Waals surface area (Å²) < 4.78 is 5.25. The van der Waals surface area contributed by atoms with Gasteiger partial charge in [0.25, 0.3) is 5.56 Å². The Morgan fingerprint density at radius 2 is 1.79 bits per heavy atom. The van der Waals surface area contributed by atoms with Crippen LogP contribution in [-0.2, 0) is 20.1 Å². The van der Waals surface area contributed by atoms with Gasteiger partial charge in [0, 0.05) is 74.8 Å². The number of aromatic nitrogens is 5. The van der Waals surface area contributed by atoms with Crippen molar-refractivity contribution in [1.82, 2.24) is 33.3 Å². The fourth-order valence-electron chi connectivity index (χ4n) is 4.50. The summed E-state index contributed by atoms with van der Waals surface area (Å²) >= 11 is 12.3. The van der Waals surface area contributed by atoms with Crippen molar-refractivity contribution in [2.45, 2.75) is 20.0 Å². The summed E-state index contributed by atoms with van der Waals surface area (Å²) in [5.74, 6) is 0.671. The lowest BCUT2D eigenvalue weighted by molar-refractivity contribution is 0.124. The number of hydrogen-bond acceptors (Lipinski definition) is 5. The molecule has 1 aliphatic heterocycles. The largest absolute Gasteiger partial charge is 0.329 e. The number of nitrogens with one attached hydrogen (secondary N) is 1. The van der Waals surface area contributed by atoms with Crippen molar-refractivity contribution < 1.29 is 0 Å². The Hall–Kier alpha value is -2.59. The second kappa shape index (κ2) is 8.64. The molecule has 0 spiro atoms. The van der Waals surface area contributed by atoms with E-state index in [2.05, 4.69) is 24.3 Å². The van der Waals surface area contributed by atoms with Crippen LogP contribution in [0.15, 0.2) is 34.0 Å². The number of rotatable bonds is 5. The molecule has 0 atom stereocenters. The molecule has 0 bridgehead atoms.